The molecule has 3 nitrogen and oxygen atoms in total. The maximum atomic E-state index is 10.9. The van der Waals surface area contributed by atoms with E-state index in [9.17, 15) is 4.79 Å². The average Bonchev–Trinajstić information content (AvgIpc) is 2.41. The zero-order valence-electron chi connectivity index (χ0n) is 9.98. The average molecular weight is 297 g/mol. The third-order valence-electron chi connectivity index (χ3n) is 2.68. The molecule has 0 fully saturated rings. The molecule has 0 atom stereocenters. The maximum absolute atomic E-state index is 10.9. The van der Waals surface area contributed by atoms with Crippen molar-refractivity contribution in [1.29, 1.82) is 0 Å². The molecule has 1 N–H and O–H groups in total. The van der Waals surface area contributed by atoms with Gasteiger partial charge in [-0.15, -0.1) is 0 Å². The Bertz CT molecular complexity index is 639. The summed E-state index contributed by atoms with van der Waals surface area (Å²) in [7, 11) is 1.49. The van der Waals surface area contributed by atoms with Crippen molar-refractivity contribution < 1.29 is 14.6 Å². The molecule has 0 aliphatic heterocycles. The first-order valence-corrected chi connectivity index (χ1v) is 6.15. The second-order valence-corrected chi connectivity index (χ2v) is 4.66. The lowest BCUT2D eigenvalue weighted by molar-refractivity contribution is 0.0696. The van der Waals surface area contributed by atoms with Crippen LogP contribution in [0.15, 0.2) is 36.4 Å². The minimum absolute atomic E-state index is 0.167. The van der Waals surface area contributed by atoms with E-state index in [0.717, 1.165) is 11.1 Å². The van der Waals surface area contributed by atoms with Crippen molar-refractivity contribution >= 4 is 29.2 Å². The van der Waals surface area contributed by atoms with E-state index in [1.165, 1.54) is 19.2 Å². The van der Waals surface area contributed by atoms with Crippen molar-refractivity contribution in [2.75, 3.05) is 7.11 Å². The number of aromatic carboxylic acids is 1. The zero-order chi connectivity index (χ0) is 14.0. The standard InChI is InChI=1S/C14H10Cl2O3/c1-19-13-7-9(14(17)18)2-4-10(13)8-3-5-11(15)12(16)6-8/h2-7H,1H3,(H,17,18). The topological polar surface area (TPSA) is 46.5 Å². The van der Waals surface area contributed by atoms with Crippen LogP contribution in [0.4, 0.5) is 0 Å². The summed E-state index contributed by atoms with van der Waals surface area (Å²) >= 11 is 11.8. The van der Waals surface area contributed by atoms with E-state index in [1.807, 2.05) is 0 Å². The molecule has 0 aliphatic carbocycles. The van der Waals surface area contributed by atoms with Crippen LogP contribution < -0.4 is 4.74 Å². The first kappa shape index (κ1) is 13.7. The van der Waals surface area contributed by atoms with E-state index in [2.05, 4.69) is 0 Å². The Labute approximate surface area is 120 Å². The molecule has 0 spiro atoms. The summed E-state index contributed by atoms with van der Waals surface area (Å²) in [4.78, 5) is 10.9. The molecule has 2 rings (SSSR count). The van der Waals surface area contributed by atoms with Crippen molar-refractivity contribution in [1.82, 2.24) is 0 Å². The molecular formula is C14H10Cl2O3. The molecule has 5 heteroatoms. The van der Waals surface area contributed by atoms with Gasteiger partial charge in [0.25, 0.3) is 0 Å². The highest BCUT2D eigenvalue weighted by molar-refractivity contribution is 6.42. The SMILES string of the molecule is COc1cc(C(=O)O)ccc1-c1ccc(Cl)c(Cl)c1. The van der Waals surface area contributed by atoms with Crippen LogP contribution in [0.3, 0.4) is 0 Å². The van der Waals surface area contributed by atoms with Gasteiger partial charge in [-0.1, -0.05) is 29.3 Å². The Balaban J connectivity index is 2.55. The highest BCUT2D eigenvalue weighted by atomic mass is 35.5. The number of hydrogen-bond donors (Lipinski definition) is 1. The minimum atomic E-state index is -1.00. The molecule has 0 bridgehead atoms. The molecule has 0 aliphatic rings. The summed E-state index contributed by atoms with van der Waals surface area (Å²) in [5, 5.41) is 9.85. The number of carbonyl (C=O) groups is 1. The van der Waals surface area contributed by atoms with E-state index in [4.69, 9.17) is 33.0 Å². The van der Waals surface area contributed by atoms with Gasteiger partial charge in [0.05, 0.1) is 22.7 Å². The van der Waals surface area contributed by atoms with Crippen LogP contribution in [0, 0.1) is 0 Å². The highest BCUT2D eigenvalue weighted by Crippen LogP contribution is 2.34. The third-order valence-corrected chi connectivity index (χ3v) is 3.42. The number of hydrogen-bond acceptors (Lipinski definition) is 2. The van der Waals surface area contributed by atoms with Crippen LogP contribution in [-0.2, 0) is 0 Å². The van der Waals surface area contributed by atoms with Crippen molar-refractivity contribution in [3.8, 4) is 16.9 Å². The van der Waals surface area contributed by atoms with E-state index in [1.54, 1.807) is 24.3 Å². The summed E-state index contributed by atoms with van der Waals surface area (Å²) in [6, 6.07) is 9.86. The molecule has 0 amide bonds. The first-order chi connectivity index (χ1) is 9.02. The van der Waals surface area contributed by atoms with Gasteiger partial charge in [0, 0.05) is 5.56 Å². The van der Waals surface area contributed by atoms with Crippen LogP contribution in [0.25, 0.3) is 11.1 Å². The molecule has 0 saturated heterocycles. The van der Waals surface area contributed by atoms with E-state index >= 15 is 0 Å². The first-order valence-electron chi connectivity index (χ1n) is 5.39. The van der Waals surface area contributed by atoms with Gasteiger partial charge in [-0.3, -0.25) is 0 Å². The number of halogens is 2. The van der Waals surface area contributed by atoms with Gasteiger partial charge in [-0.25, -0.2) is 4.79 Å². The van der Waals surface area contributed by atoms with Crippen molar-refractivity contribution in [3.05, 3.63) is 52.0 Å². The Morgan fingerprint density at radius 2 is 1.84 bits per heavy atom. The van der Waals surface area contributed by atoms with Crippen molar-refractivity contribution in [2.24, 2.45) is 0 Å². The Hall–Kier alpha value is -1.71. The van der Waals surface area contributed by atoms with Gasteiger partial charge in [0.2, 0.25) is 0 Å². The molecule has 0 saturated carbocycles. The number of rotatable bonds is 3. The number of benzene rings is 2. The summed E-state index contributed by atoms with van der Waals surface area (Å²) in [6.07, 6.45) is 0. The van der Waals surface area contributed by atoms with Gasteiger partial charge >= 0.3 is 5.97 Å². The van der Waals surface area contributed by atoms with Gasteiger partial charge in [0.1, 0.15) is 5.75 Å². The largest absolute Gasteiger partial charge is 0.496 e. The summed E-state index contributed by atoms with van der Waals surface area (Å²) < 4.78 is 5.22. The van der Waals surface area contributed by atoms with Crippen LogP contribution in [-0.4, -0.2) is 18.2 Å². The fourth-order valence-corrected chi connectivity index (χ4v) is 2.02. The normalized spacial score (nSPS) is 10.3. The quantitative estimate of drug-likeness (QED) is 0.915. The highest BCUT2D eigenvalue weighted by Gasteiger charge is 2.11. The van der Waals surface area contributed by atoms with E-state index in [-0.39, 0.29) is 5.56 Å². The molecular weight excluding hydrogens is 287 g/mol. The van der Waals surface area contributed by atoms with Crippen molar-refractivity contribution in [2.45, 2.75) is 0 Å². The number of carboxylic acids is 1. The predicted molar refractivity (Wildman–Crippen MR) is 75.4 cm³/mol. The molecule has 0 radical (unpaired) electrons. The maximum Gasteiger partial charge on any atom is 0.335 e. The number of methoxy groups -OCH3 is 1. The molecule has 19 heavy (non-hydrogen) atoms. The molecule has 2 aromatic carbocycles. The minimum Gasteiger partial charge on any atom is -0.496 e. The monoisotopic (exact) mass is 296 g/mol. The second-order valence-electron chi connectivity index (χ2n) is 3.85. The van der Waals surface area contributed by atoms with Crippen LogP contribution >= 0.6 is 23.2 Å². The molecule has 98 valence electrons. The third kappa shape index (κ3) is 2.83. The Morgan fingerprint density at radius 3 is 2.42 bits per heavy atom. The fourth-order valence-electron chi connectivity index (χ4n) is 1.73. The lowest BCUT2D eigenvalue weighted by atomic mass is 10.0. The zero-order valence-corrected chi connectivity index (χ0v) is 11.5. The fraction of sp³-hybridized carbons (Fsp3) is 0.0714. The van der Waals surface area contributed by atoms with Crippen LogP contribution in [0.2, 0.25) is 10.0 Å². The summed E-state index contributed by atoms with van der Waals surface area (Å²) in [5.41, 5.74) is 1.73. The van der Waals surface area contributed by atoms with E-state index in [0.29, 0.717) is 15.8 Å². The van der Waals surface area contributed by atoms with Crippen molar-refractivity contribution in [3.63, 3.8) is 0 Å². The lowest BCUT2D eigenvalue weighted by Gasteiger charge is -2.10. The van der Waals surface area contributed by atoms with Gasteiger partial charge in [0.15, 0.2) is 0 Å². The van der Waals surface area contributed by atoms with Gasteiger partial charge in [-0.2, -0.15) is 0 Å². The van der Waals surface area contributed by atoms with Gasteiger partial charge in [-0.05, 0) is 35.9 Å². The number of carboxylic acid groups (broad SMARTS) is 1. The Kier molecular flexibility index (Phi) is 3.98. The summed E-state index contributed by atoms with van der Waals surface area (Å²) in [5.74, 6) is -0.530. The van der Waals surface area contributed by atoms with Crippen LogP contribution in [0.5, 0.6) is 5.75 Å². The van der Waals surface area contributed by atoms with Crippen LogP contribution in [0.1, 0.15) is 10.4 Å². The number of ether oxygens (including phenoxy) is 1. The lowest BCUT2D eigenvalue weighted by Crippen LogP contribution is -1.98. The Morgan fingerprint density at radius 1 is 1.11 bits per heavy atom. The molecule has 0 aromatic heterocycles. The second kappa shape index (κ2) is 5.51. The summed E-state index contributed by atoms with van der Waals surface area (Å²) in [6.45, 7) is 0. The predicted octanol–water partition coefficient (Wildman–Crippen LogP) is 4.37. The van der Waals surface area contributed by atoms with Gasteiger partial charge < -0.3 is 9.84 Å². The molecule has 2 aromatic rings. The smallest absolute Gasteiger partial charge is 0.335 e. The van der Waals surface area contributed by atoms with E-state index < -0.39 is 5.97 Å². The molecule has 0 unspecified atom stereocenters. The molecule has 0 heterocycles.